The van der Waals surface area contributed by atoms with E-state index in [1.54, 1.807) is 18.5 Å². The van der Waals surface area contributed by atoms with Gasteiger partial charge in [0.15, 0.2) is 5.82 Å². The van der Waals surface area contributed by atoms with Gasteiger partial charge in [-0.15, -0.1) is 0 Å². The number of benzene rings is 3. The molecule has 0 radical (unpaired) electrons. The molecule has 1 N–H and O–H groups in total. The van der Waals surface area contributed by atoms with Gasteiger partial charge in [-0.1, -0.05) is 53.5 Å². The van der Waals surface area contributed by atoms with Crippen molar-refractivity contribution in [2.24, 2.45) is 0 Å². The van der Waals surface area contributed by atoms with E-state index in [-0.39, 0.29) is 0 Å². The summed E-state index contributed by atoms with van der Waals surface area (Å²) in [5.74, 6) is 0.713. The standard InChI is InChI=1S/C20H13Cl2N3S/c21-13-10-14(22)12-15(11-13)26-25-19-7-2-4-16-17(19)5-1-6-18(16)20-23-8-3-9-24-20/h1-12,25H. The van der Waals surface area contributed by atoms with E-state index in [2.05, 4.69) is 26.8 Å². The Kier molecular flexibility index (Phi) is 4.98. The highest BCUT2D eigenvalue weighted by Crippen LogP contribution is 2.34. The topological polar surface area (TPSA) is 37.8 Å². The molecule has 128 valence electrons. The first kappa shape index (κ1) is 17.2. The van der Waals surface area contributed by atoms with Crippen LogP contribution in [0.15, 0.2) is 78.0 Å². The maximum absolute atomic E-state index is 6.08. The van der Waals surface area contributed by atoms with Crippen LogP contribution in [0.1, 0.15) is 0 Å². The molecule has 4 aromatic rings. The van der Waals surface area contributed by atoms with E-state index in [0.29, 0.717) is 15.9 Å². The first-order chi connectivity index (χ1) is 12.7. The summed E-state index contributed by atoms with van der Waals surface area (Å²) in [6, 6.07) is 19.5. The van der Waals surface area contributed by atoms with Gasteiger partial charge in [-0.3, -0.25) is 0 Å². The van der Waals surface area contributed by atoms with E-state index in [1.807, 2.05) is 42.5 Å². The van der Waals surface area contributed by atoms with Crippen molar-refractivity contribution in [1.29, 1.82) is 0 Å². The van der Waals surface area contributed by atoms with E-state index in [9.17, 15) is 0 Å². The molecule has 6 heteroatoms. The van der Waals surface area contributed by atoms with Crippen LogP contribution in [0.5, 0.6) is 0 Å². The highest BCUT2D eigenvalue weighted by atomic mass is 35.5. The third-order valence-corrected chi connectivity index (χ3v) is 5.07. The van der Waals surface area contributed by atoms with Gasteiger partial charge in [0.1, 0.15) is 0 Å². The smallest absolute Gasteiger partial charge is 0.159 e. The number of anilines is 1. The lowest BCUT2D eigenvalue weighted by atomic mass is 10.0. The van der Waals surface area contributed by atoms with Gasteiger partial charge in [-0.2, -0.15) is 0 Å². The second kappa shape index (κ2) is 7.54. The normalized spacial score (nSPS) is 10.8. The predicted molar refractivity (Wildman–Crippen MR) is 111 cm³/mol. The Hall–Kier alpha value is -2.27. The monoisotopic (exact) mass is 397 g/mol. The van der Waals surface area contributed by atoms with Gasteiger partial charge in [-0.25, -0.2) is 9.97 Å². The van der Waals surface area contributed by atoms with Crippen LogP contribution in [0, 0.1) is 0 Å². The highest BCUT2D eigenvalue weighted by Gasteiger charge is 2.09. The van der Waals surface area contributed by atoms with Crippen LogP contribution < -0.4 is 4.72 Å². The molecule has 0 saturated heterocycles. The fourth-order valence-corrected chi connectivity index (χ4v) is 4.17. The molecule has 0 aliphatic rings. The Morgan fingerprint density at radius 2 is 1.46 bits per heavy atom. The highest BCUT2D eigenvalue weighted by molar-refractivity contribution is 8.00. The van der Waals surface area contributed by atoms with Crippen molar-refractivity contribution in [1.82, 2.24) is 9.97 Å². The number of hydrogen-bond acceptors (Lipinski definition) is 4. The van der Waals surface area contributed by atoms with Crippen LogP contribution in [0.3, 0.4) is 0 Å². The molecule has 1 aromatic heterocycles. The minimum Gasteiger partial charge on any atom is -0.325 e. The van der Waals surface area contributed by atoms with Crippen molar-refractivity contribution in [3.05, 3.63) is 83.1 Å². The Labute approximate surface area is 165 Å². The molecule has 3 aromatic carbocycles. The molecule has 0 fully saturated rings. The van der Waals surface area contributed by atoms with E-state index in [0.717, 1.165) is 26.9 Å². The molecule has 4 rings (SSSR count). The van der Waals surface area contributed by atoms with Crippen molar-refractivity contribution in [2.45, 2.75) is 4.90 Å². The van der Waals surface area contributed by atoms with Gasteiger partial charge < -0.3 is 4.72 Å². The molecule has 1 heterocycles. The third kappa shape index (κ3) is 3.63. The zero-order valence-electron chi connectivity index (χ0n) is 13.5. The van der Waals surface area contributed by atoms with Crippen molar-refractivity contribution in [3.63, 3.8) is 0 Å². The fourth-order valence-electron chi connectivity index (χ4n) is 2.73. The Morgan fingerprint density at radius 1 is 0.769 bits per heavy atom. The maximum Gasteiger partial charge on any atom is 0.159 e. The fraction of sp³-hybridized carbons (Fsp3) is 0. The summed E-state index contributed by atoms with van der Waals surface area (Å²) in [5, 5.41) is 3.41. The van der Waals surface area contributed by atoms with Gasteiger partial charge in [0.25, 0.3) is 0 Å². The Balaban J connectivity index is 1.70. The van der Waals surface area contributed by atoms with Crippen LogP contribution in [0.2, 0.25) is 10.0 Å². The first-order valence-corrected chi connectivity index (χ1v) is 9.46. The maximum atomic E-state index is 6.08. The average Bonchev–Trinajstić information content (AvgIpc) is 2.66. The summed E-state index contributed by atoms with van der Waals surface area (Å²) >= 11 is 13.6. The van der Waals surface area contributed by atoms with Gasteiger partial charge in [0.05, 0.1) is 5.69 Å². The number of fused-ring (bicyclic) bond motifs is 1. The minimum absolute atomic E-state index is 0.614. The largest absolute Gasteiger partial charge is 0.325 e. The summed E-state index contributed by atoms with van der Waals surface area (Å²) in [4.78, 5) is 9.70. The minimum atomic E-state index is 0.614. The molecule has 0 spiro atoms. The Bertz CT molecular complexity index is 1050. The molecule has 0 bridgehead atoms. The van der Waals surface area contributed by atoms with Gasteiger partial charge in [0.2, 0.25) is 0 Å². The van der Waals surface area contributed by atoms with E-state index >= 15 is 0 Å². The number of hydrogen-bond donors (Lipinski definition) is 1. The van der Waals surface area contributed by atoms with Gasteiger partial charge >= 0.3 is 0 Å². The molecular formula is C20H13Cl2N3S. The lowest BCUT2D eigenvalue weighted by Gasteiger charge is -2.11. The second-order valence-electron chi connectivity index (χ2n) is 5.59. The van der Waals surface area contributed by atoms with Crippen molar-refractivity contribution >= 4 is 51.6 Å². The Morgan fingerprint density at radius 3 is 2.23 bits per heavy atom. The second-order valence-corrected chi connectivity index (χ2v) is 7.34. The van der Waals surface area contributed by atoms with Crippen LogP contribution in [-0.2, 0) is 0 Å². The third-order valence-electron chi connectivity index (χ3n) is 3.84. The zero-order chi connectivity index (χ0) is 17.9. The summed E-state index contributed by atoms with van der Waals surface area (Å²) < 4.78 is 3.40. The first-order valence-electron chi connectivity index (χ1n) is 7.89. The SMILES string of the molecule is Clc1cc(Cl)cc(SNc2cccc3c(-c4ncccn4)cccc23)c1. The molecule has 0 aliphatic heterocycles. The summed E-state index contributed by atoms with van der Waals surface area (Å²) in [6.07, 6.45) is 3.50. The molecule has 0 atom stereocenters. The quantitative estimate of drug-likeness (QED) is 0.387. The van der Waals surface area contributed by atoms with E-state index in [4.69, 9.17) is 23.2 Å². The van der Waals surface area contributed by atoms with Crippen molar-refractivity contribution in [3.8, 4) is 11.4 Å². The van der Waals surface area contributed by atoms with Crippen molar-refractivity contribution in [2.75, 3.05) is 4.72 Å². The summed E-state index contributed by atoms with van der Waals surface area (Å²) in [6.45, 7) is 0. The zero-order valence-corrected chi connectivity index (χ0v) is 15.8. The van der Waals surface area contributed by atoms with E-state index < -0.39 is 0 Å². The summed E-state index contributed by atoms with van der Waals surface area (Å²) in [5.41, 5.74) is 2.00. The number of aromatic nitrogens is 2. The van der Waals surface area contributed by atoms with Crippen LogP contribution in [0.4, 0.5) is 5.69 Å². The molecule has 0 saturated carbocycles. The lowest BCUT2D eigenvalue weighted by molar-refractivity contribution is 1.18. The van der Waals surface area contributed by atoms with Crippen LogP contribution in [-0.4, -0.2) is 9.97 Å². The van der Waals surface area contributed by atoms with Gasteiger partial charge in [-0.05, 0) is 47.7 Å². The molecule has 0 amide bonds. The number of nitrogens with zero attached hydrogens (tertiary/aromatic N) is 2. The lowest BCUT2D eigenvalue weighted by Crippen LogP contribution is -1.92. The number of halogens is 2. The molecule has 0 aliphatic carbocycles. The van der Waals surface area contributed by atoms with Crippen molar-refractivity contribution < 1.29 is 0 Å². The number of nitrogens with one attached hydrogen (secondary N) is 1. The summed E-state index contributed by atoms with van der Waals surface area (Å²) in [7, 11) is 0. The average molecular weight is 398 g/mol. The van der Waals surface area contributed by atoms with Crippen LogP contribution in [0.25, 0.3) is 22.2 Å². The molecule has 0 unspecified atom stereocenters. The van der Waals surface area contributed by atoms with Gasteiger partial charge in [0, 0.05) is 38.3 Å². The number of rotatable bonds is 4. The van der Waals surface area contributed by atoms with Crippen LogP contribution >= 0.6 is 35.1 Å². The molecular weight excluding hydrogens is 385 g/mol. The molecule has 3 nitrogen and oxygen atoms in total. The van der Waals surface area contributed by atoms with E-state index in [1.165, 1.54) is 11.9 Å². The predicted octanol–water partition coefficient (Wildman–Crippen LogP) is 6.72. The molecule has 26 heavy (non-hydrogen) atoms.